The van der Waals surface area contributed by atoms with Crippen LogP contribution in [0.1, 0.15) is 36.0 Å². The van der Waals surface area contributed by atoms with Crippen LogP contribution in [0.2, 0.25) is 0 Å². The third kappa shape index (κ3) is 3.45. The van der Waals surface area contributed by atoms with Crippen molar-refractivity contribution >= 4 is 5.91 Å². The van der Waals surface area contributed by atoms with E-state index in [1.54, 1.807) is 31.7 Å². The molecule has 1 saturated carbocycles. The first kappa shape index (κ1) is 15.7. The predicted molar refractivity (Wildman–Crippen MR) is 87.1 cm³/mol. The van der Waals surface area contributed by atoms with Gasteiger partial charge in [-0.15, -0.1) is 0 Å². The Labute approximate surface area is 136 Å². The second kappa shape index (κ2) is 6.96. The second-order valence-electron chi connectivity index (χ2n) is 5.99. The Morgan fingerprint density at radius 1 is 1.30 bits per heavy atom. The van der Waals surface area contributed by atoms with Gasteiger partial charge in [0.2, 0.25) is 0 Å². The molecule has 1 aliphatic carbocycles. The van der Waals surface area contributed by atoms with Crippen LogP contribution < -0.4 is 0 Å². The van der Waals surface area contributed by atoms with Crippen LogP contribution in [0.3, 0.4) is 0 Å². The molecule has 5 heteroatoms. The van der Waals surface area contributed by atoms with E-state index in [2.05, 4.69) is 4.98 Å². The summed E-state index contributed by atoms with van der Waals surface area (Å²) in [6, 6.07) is 7.47. The van der Waals surface area contributed by atoms with Crippen LogP contribution in [0.4, 0.5) is 0 Å². The SMILES string of the molecule is COC1CCC(N(C)C(=O)c2ccnc(-c3ccco3)c2)CC1. The van der Waals surface area contributed by atoms with Gasteiger partial charge in [-0.25, -0.2) is 0 Å². The maximum Gasteiger partial charge on any atom is 0.253 e. The quantitative estimate of drug-likeness (QED) is 0.868. The maximum atomic E-state index is 12.8. The van der Waals surface area contributed by atoms with Gasteiger partial charge in [0.05, 0.1) is 12.4 Å². The number of aromatic nitrogens is 1. The molecule has 0 N–H and O–H groups in total. The zero-order valence-electron chi connectivity index (χ0n) is 13.6. The van der Waals surface area contributed by atoms with Gasteiger partial charge in [0.1, 0.15) is 5.69 Å². The number of nitrogens with zero attached hydrogens (tertiary/aromatic N) is 2. The highest BCUT2D eigenvalue weighted by Gasteiger charge is 2.27. The van der Waals surface area contributed by atoms with Crippen molar-refractivity contribution < 1.29 is 13.9 Å². The molecule has 1 aliphatic rings. The molecule has 2 aromatic heterocycles. The highest BCUT2D eigenvalue weighted by Crippen LogP contribution is 2.25. The van der Waals surface area contributed by atoms with Crippen molar-refractivity contribution in [1.82, 2.24) is 9.88 Å². The first-order valence-corrected chi connectivity index (χ1v) is 7.99. The van der Waals surface area contributed by atoms with Crippen LogP contribution in [0.5, 0.6) is 0 Å². The Hall–Kier alpha value is -2.14. The number of carbonyl (C=O) groups excluding carboxylic acids is 1. The van der Waals surface area contributed by atoms with Crippen molar-refractivity contribution in [1.29, 1.82) is 0 Å². The van der Waals surface area contributed by atoms with Crippen molar-refractivity contribution in [3.05, 3.63) is 42.3 Å². The summed E-state index contributed by atoms with van der Waals surface area (Å²) in [5.74, 6) is 0.698. The maximum absolute atomic E-state index is 12.8. The fourth-order valence-electron chi connectivity index (χ4n) is 3.16. The molecule has 0 unspecified atom stereocenters. The molecule has 1 amide bonds. The molecule has 2 aromatic rings. The van der Waals surface area contributed by atoms with Crippen molar-refractivity contribution in [2.24, 2.45) is 0 Å². The lowest BCUT2D eigenvalue weighted by atomic mass is 9.92. The van der Waals surface area contributed by atoms with Gasteiger partial charge in [-0.05, 0) is 49.9 Å². The number of methoxy groups -OCH3 is 1. The van der Waals surface area contributed by atoms with E-state index in [0.717, 1.165) is 25.7 Å². The number of hydrogen-bond acceptors (Lipinski definition) is 4. The Morgan fingerprint density at radius 2 is 2.09 bits per heavy atom. The van der Waals surface area contributed by atoms with E-state index in [-0.39, 0.29) is 11.9 Å². The molecule has 2 heterocycles. The monoisotopic (exact) mass is 314 g/mol. The molecular weight excluding hydrogens is 292 g/mol. The standard InChI is InChI=1S/C18H22N2O3/c1-20(14-5-7-15(22-2)8-6-14)18(21)13-9-10-19-16(12-13)17-4-3-11-23-17/h3-4,9-12,14-15H,5-8H2,1-2H3. The average molecular weight is 314 g/mol. The van der Waals surface area contributed by atoms with E-state index >= 15 is 0 Å². The van der Waals surface area contributed by atoms with Crippen molar-refractivity contribution in [3.63, 3.8) is 0 Å². The fraction of sp³-hybridized carbons (Fsp3) is 0.444. The van der Waals surface area contributed by atoms with E-state index in [1.165, 1.54) is 0 Å². The van der Waals surface area contributed by atoms with Gasteiger partial charge in [0.15, 0.2) is 5.76 Å². The lowest BCUT2D eigenvalue weighted by Crippen LogP contribution is -2.40. The van der Waals surface area contributed by atoms with E-state index in [9.17, 15) is 4.79 Å². The summed E-state index contributed by atoms with van der Waals surface area (Å²) in [5.41, 5.74) is 1.32. The lowest BCUT2D eigenvalue weighted by Gasteiger charge is -2.34. The number of ether oxygens (including phenoxy) is 1. The third-order valence-electron chi connectivity index (χ3n) is 4.63. The smallest absolute Gasteiger partial charge is 0.253 e. The molecule has 3 rings (SSSR count). The largest absolute Gasteiger partial charge is 0.463 e. The fourth-order valence-corrected chi connectivity index (χ4v) is 3.16. The van der Waals surface area contributed by atoms with Crippen LogP contribution in [-0.2, 0) is 4.74 Å². The molecular formula is C18H22N2O3. The first-order chi connectivity index (χ1) is 11.2. The summed E-state index contributed by atoms with van der Waals surface area (Å²) in [6.07, 6.45) is 7.57. The molecule has 122 valence electrons. The van der Waals surface area contributed by atoms with E-state index in [1.807, 2.05) is 24.1 Å². The van der Waals surface area contributed by atoms with Crippen molar-refractivity contribution in [3.8, 4) is 11.5 Å². The average Bonchev–Trinajstić information content (AvgIpc) is 3.15. The summed E-state index contributed by atoms with van der Waals surface area (Å²) < 4.78 is 10.8. The van der Waals surface area contributed by atoms with Gasteiger partial charge < -0.3 is 14.1 Å². The Balaban J connectivity index is 1.71. The number of rotatable bonds is 4. The van der Waals surface area contributed by atoms with Gasteiger partial charge >= 0.3 is 0 Å². The highest BCUT2D eigenvalue weighted by atomic mass is 16.5. The summed E-state index contributed by atoms with van der Waals surface area (Å²) in [4.78, 5) is 18.9. The predicted octanol–water partition coefficient (Wildman–Crippen LogP) is 3.37. The van der Waals surface area contributed by atoms with Gasteiger partial charge in [-0.2, -0.15) is 0 Å². The summed E-state index contributed by atoms with van der Waals surface area (Å²) >= 11 is 0. The second-order valence-corrected chi connectivity index (χ2v) is 5.99. The molecule has 0 aromatic carbocycles. The van der Waals surface area contributed by atoms with Crippen LogP contribution in [0, 0.1) is 0 Å². The van der Waals surface area contributed by atoms with E-state index in [4.69, 9.17) is 9.15 Å². The lowest BCUT2D eigenvalue weighted by molar-refractivity contribution is 0.0386. The highest BCUT2D eigenvalue weighted by molar-refractivity contribution is 5.95. The topological polar surface area (TPSA) is 55.6 Å². The van der Waals surface area contributed by atoms with Gasteiger partial charge in [-0.3, -0.25) is 9.78 Å². The third-order valence-corrected chi connectivity index (χ3v) is 4.63. The summed E-state index contributed by atoms with van der Waals surface area (Å²) in [5, 5.41) is 0. The minimum Gasteiger partial charge on any atom is -0.463 e. The summed E-state index contributed by atoms with van der Waals surface area (Å²) in [7, 11) is 3.64. The van der Waals surface area contributed by atoms with Gasteiger partial charge in [0, 0.05) is 32.0 Å². The van der Waals surface area contributed by atoms with Crippen LogP contribution in [0.25, 0.3) is 11.5 Å². The Bertz CT molecular complexity index is 646. The molecule has 0 atom stereocenters. The molecule has 0 bridgehead atoms. The van der Waals surface area contributed by atoms with Gasteiger partial charge in [-0.1, -0.05) is 0 Å². The molecule has 0 spiro atoms. The van der Waals surface area contributed by atoms with E-state index < -0.39 is 0 Å². The number of carbonyl (C=O) groups is 1. The normalized spacial score (nSPS) is 21.1. The zero-order chi connectivity index (χ0) is 16.2. The minimum absolute atomic E-state index is 0.0288. The Morgan fingerprint density at radius 3 is 2.74 bits per heavy atom. The van der Waals surface area contributed by atoms with Crippen molar-refractivity contribution in [2.75, 3.05) is 14.2 Å². The van der Waals surface area contributed by atoms with Crippen LogP contribution in [-0.4, -0.2) is 42.1 Å². The summed E-state index contributed by atoms with van der Waals surface area (Å²) in [6.45, 7) is 0. The molecule has 0 saturated heterocycles. The minimum atomic E-state index is 0.0288. The van der Waals surface area contributed by atoms with E-state index in [0.29, 0.717) is 23.1 Å². The van der Waals surface area contributed by atoms with Gasteiger partial charge in [0.25, 0.3) is 5.91 Å². The molecule has 0 radical (unpaired) electrons. The number of pyridine rings is 1. The zero-order valence-corrected chi connectivity index (χ0v) is 13.6. The number of hydrogen-bond donors (Lipinski definition) is 0. The molecule has 1 fully saturated rings. The van der Waals surface area contributed by atoms with Crippen LogP contribution in [0.15, 0.2) is 41.1 Å². The number of amides is 1. The Kier molecular flexibility index (Phi) is 4.76. The molecule has 0 aliphatic heterocycles. The molecule has 23 heavy (non-hydrogen) atoms. The van der Waals surface area contributed by atoms with Crippen LogP contribution >= 0.6 is 0 Å². The van der Waals surface area contributed by atoms with Crippen molar-refractivity contribution in [2.45, 2.75) is 37.8 Å². The molecule has 5 nitrogen and oxygen atoms in total. The first-order valence-electron chi connectivity index (χ1n) is 7.99. The number of furan rings is 1.